The highest BCUT2D eigenvalue weighted by Gasteiger charge is 2.34. The van der Waals surface area contributed by atoms with Crippen LogP contribution in [0.15, 0.2) is 12.7 Å². The van der Waals surface area contributed by atoms with Gasteiger partial charge in [-0.2, -0.15) is 5.10 Å². The van der Waals surface area contributed by atoms with Gasteiger partial charge in [0.1, 0.15) is 12.7 Å². The fourth-order valence-corrected chi connectivity index (χ4v) is 2.68. The summed E-state index contributed by atoms with van der Waals surface area (Å²) in [7, 11) is 0. The van der Waals surface area contributed by atoms with Crippen molar-refractivity contribution in [1.82, 2.24) is 25.0 Å². The number of nitrogens with zero attached hydrogens (tertiary/aromatic N) is 4. The summed E-state index contributed by atoms with van der Waals surface area (Å²) in [5.41, 5.74) is 0. The summed E-state index contributed by atoms with van der Waals surface area (Å²) in [6, 6.07) is 0.518. The zero-order valence-electron chi connectivity index (χ0n) is 12.3. The van der Waals surface area contributed by atoms with Crippen LogP contribution in [0.3, 0.4) is 0 Å². The van der Waals surface area contributed by atoms with Gasteiger partial charge in [-0.1, -0.05) is 0 Å². The predicted molar refractivity (Wildman–Crippen MR) is 76.7 cm³/mol. The van der Waals surface area contributed by atoms with Gasteiger partial charge in [0.05, 0.1) is 6.61 Å². The van der Waals surface area contributed by atoms with Crippen LogP contribution < -0.4 is 5.32 Å². The fraction of sp³-hybridized carbons (Fsp3) is 0.786. The number of rotatable bonds is 7. The molecule has 1 aromatic heterocycles. The summed E-state index contributed by atoms with van der Waals surface area (Å²) in [6.45, 7) is 3.91. The molecule has 1 aliphatic heterocycles. The molecule has 21 heavy (non-hydrogen) atoms. The Kier molecular flexibility index (Phi) is 4.69. The third kappa shape index (κ3) is 4.17. The number of carbonyl (C=O) groups excluding carboxylic acids is 1. The SMILES string of the molecule is O=C(NCCCn1cncn1)N(C[C@@H]1CCOC1)C1CC1. The fourth-order valence-electron chi connectivity index (χ4n) is 2.68. The van der Waals surface area contributed by atoms with Crippen LogP contribution in [0.2, 0.25) is 0 Å². The number of ether oxygens (including phenoxy) is 1. The summed E-state index contributed by atoms with van der Waals surface area (Å²) < 4.78 is 7.18. The third-order valence-electron chi connectivity index (χ3n) is 4.03. The van der Waals surface area contributed by atoms with Crippen molar-refractivity contribution in [2.75, 3.05) is 26.3 Å². The standard InChI is InChI=1S/C14H23N5O2/c20-14(16-5-1-6-18-11-15-10-17-18)19(13-2-3-13)8-12-4-7-21-9-12/h10-13H,1-9H2,(H,16,20)/t12-/m0/s1. The van der Waals surface area contributed by atoms with E-state index in [-0.39, 0.29) is 6.03 Å². The zero-order chi connectivity index (χ0) is 14.5. The lowest BCUT2D eigenvalue weighted by molar-refractivity contribution is 0.162. The average Bonchev–Trinajstić information content (AvgIpc) is 2.99. The molecule has 0 bridgehead atoms. The van der Waals surface area contributed by atoms with E-state index >= 15 is 0 Å². The highest BCUT2D eigenvalue weighted by molar-refractivity contribution is 5.74. The van der Waals surface area contributed by atoms with Crippen molar-refractivity contribution in [2.45, 2.75) is 38.3 Å². The topological polar surface area (TPSA) is 72.3 Å². The largest absolute Gasteiger partial charge is 0.381 e. The second kappa shape index (κ2) is 6.89. The van der Waals surface area contributed by atoms with Gasteiger partial charge in [-0.05, 0) is 25.7 Å². The summed E-state index contributed by atoms with van der Waals surface area (Å²) in [5, 5.41) is 7.07. The first kappa shape index (κ1) is 14.3. The van der Waals surface area contributed by atoms with Crippen molar-refractivity contribution in [2.24, 2.45) is 5.92 Å². The van der Waals surface area contributed by atoms with E-state index in [2.05, 4.69) is 15.4 Å². The van der Waals surface area contributed by atoms with E-state index in [9.17, 15) is 4.79 Å². The van der Waals surface area contributed by atoms with Gasteiger partial charge in [-0.3, -0.25) is 4.68 Å². The van der Waals surface area contributed by atoms with Crippen molar-refractivity contribution in [1.29, 1.82) is 0 Å². The molecule has 0 spiro atoms. The minimum atomic E-state index is 0.0722. The number of carbonyl (C=O) groups is 1. The number of aromatic nitrogens is 3. The highest BCUT2D eigenvalue weighted by Crippen LogP contribution is 2.28. The summed E-state index contributed by atoms with van der Waals surface area (Å²) in [6.07, 6.45) is 7.43. The first-order chi connectivity index (χ1) is 10.3. The number of urea groups is 1. The Hall–Kier alpha value is -1.63. The summed E-state index contributed by atoms with van der Waals surface area (Å²) in [5.74, 6) is 0.506. The maximum Gasteiger partial charge on any atom is 0.317 e. The van der Waals surface area contributed by atoms with Gasteiger partial charge in [0.15, 0.2) is 0 Å². The minimum absolute atomic E-state index is 0.0722. The Balaban J connectivity index is 1.39. The van der Waals surface area contributed by atoms with Gasteiger partial charge in [0.2, 0.25) is 0 Å². The minimum Gasteiger partial charge on any atom is -0.381 e. The molecule has 0 radical (unpaired) electrons. The lowest BCUT2D eigenvalue weighted by Gasteiger charge is -2.25. The third-order valence-corrected chi connectivity index (χ3v) is 4.03. The molecule has 1 N–H and O–H groups in total. The van der Waals surface area contributed by atoms with Crippen LogP contribution in [-0.2, 0) is 11.3 Å². The molecule has 7 heteroatoms. The highest BCUT2D eigenvalue weighted by atomic mass is 16.5. The Bertz CT molecular complexity index is 440. The van der Waals surface area contributed by atoms with Crippen LogP contribution in [0.5, 0.6) is 0 Å². The van der Waals surface area contributed by atoms with E-state index in [0.29, 0.717) is 18.5 Å². The van der Waals surface area contributed by atoms with E-state index < -0.39 is 0 Å². The van der Waals surface area contributed by atoms with Crippen molar-refractivity contribution >= 4 is 6.03 Å². The van der Waals surface area contributed by atoms with Crippen molar-refractivity contribution < 1.29 is 9.53 Å². The lowest BCUT2D eigenvalue weighted by atomic mass is 10.1. The number of nitrogens with one attached hydrogen (secondary N) is 1. The smallest absolute Gasteiger partial charge is 0.317 e. The van der Waals surface area contributed by atoms with Crippen LogP contribution >= 0.6 is 0 Å². The number of amides is 2. The Morgan fingerprint density at radius 1 is 1.43 bits per heavy atom. The monoisotopic (exact) mass is 293 g/mol. The van der Waals surface area contributed by atoms with Gasteiger partial charge >= 0.3 is 6.03 Å². The molecule has 0 unspecified atom stereocenters. The van der Waals surface area contributed by atoms with Gasteiger partial charge in [-0.15, -0.1) is 0 Å². The molecule has 116 valence electrons. The first-order valence-corrected chi connectivity index (χ1v) is 7.77. The molecule has 0 aromatic carbocycles. The van der Waals surface area contributed by atoms with Crippen LogP contribution in [0, 0.1) is 5.92 Å². The second-order valence-electron chi connectivity index (χ2n) is 5.86. The Morgan fingerprint density at radius 2 is 2.33 bits per heavy atom. The summed E-state index contributed by atoms with van der Waals surface area (Å²) in [4.78, 5) is 18.2. The zero-order valence-corrected chi connectivity index (χ0v) is 12.3. The lowest BCUT2D eigenvalue weighted by Crippen LogP contribution is -2.44. The maximum absolute atomic E-state index is 12.3. The van der Waals surface area contributed by atoms with Crippen LogP contribution in [0.25, 0.3) is 0 Å². The molecule has 2 amide bonds. The maximum atomic E-state index is 12.3. The molecule has 1 saturated heterocycles. The summed E-state index contributed by atoms with van der Waals surface area (Å²) >= 11 is 0. The molecular formula is C14H23N5O2. The Morgan fingerprint density at radius 3 is 3.00 bits per heavy atom. The molecule has 2 aliphatic rings. The molecule has 1 aromatic rings. The van der Waals surface area contributed by atoms with Crippen LogP contribution in [0.4, 0.5) is 4.79 Å². The molecule has 1 aliphatic carbocycles. The van der Waals surface area contributed by atoms with E-state index in [0.717, 1.165) is 52.0 Å². The quantitative estimate of drug-likeness (QED) is 0.757. The molecule has 7 nitrogen and oxygen atoms in total. The van der Waals surface area contributed by atoms with Crippen molar-refractivity contribution in [3.63, 3.8) is 0 Å². The van der Waals surface area contributed by atoms with Gasteiger partial charge in [0.25, 0.3) is 0 Å². The first-order valence-electron chi connectivity index (χ1n) is 7.77. The second-order valence-corrected chi connectivity index (χ2v) is 5.86. The molecule has 2 fully saturated rings. The van der Waals surface area contributed by atoms with Gasteiger partial charge in [-0.25, -0.2) is 9.78 Å². The number of hydrogen-bond acceptors (Lipinski definition) is 4. The van der Waals surface area contributed by atoms with Crippen LogP contribution in [-0.4, -0.2) is 58.0 Å². The van der Waals surface area contributed by atoms with E-state index in [1.54, 1.807) is 11.0 Å². The Labute approximate surface area is 124 Å². The molecule has 3 rings (SSSR count). The molecule has 1 saturated carbocycles. The van der Waals surface area contributed by atoms with E-state index in [4.69, 9.17) is 4.74 Å². The molecule has 2 heterocycles. The molecular weight excluding hydrogens is 270 g/mol. The number of aryl methyl sites for hydroxylation is 1. The van der Waals surface area contributed by atoms with Crippen molar-refractivity contribution in [3.05, 3.63) is 12.7 Å². The predicted octanol–water partition coefficient (Wildman–Crippen LogP) is 0.879. The van der Waals surface area contributed by atoms with Gasteiger partial charge < -0.3 is 15.0 Å². The normalized spacial score (nSPS) is 21.4. The van der Waals surface area contributed by atoms with E-state index in [1.165, 1.54) is 6.33 Å². The number of hydrogen-bond donors (Lipinski definition) is 1. The van der Waals surface area contributed by atoms with Gasteiger partial charge in [0, 0.05) is 38.2 Å². The molecule has 1 atom stereocenters. The average molecular weight is 293 g/mol. The van der Waals surface area contributed by atoms with E-state index in [1.807, 2.05) is 4.90 Å². The van der Waals surface area contributed by atoms with Crippen LogP contribution in [0.1, 0.15) is 25.7 Å². The van der Waals surface area contributed by atoms with Crippen molar-refractivity contribution in [3.8, 4) is 0 Å².